The number of hydrogen-bond acceptors (Lipinski definition) is 5. The monoisotopic (exact) mass is 458 g/mol. The molecule has 2 aromatic rings. The average Bonchev–Trinajstić information content (AvgIpc) is 2.82. The van der Waals surface area contributed by atoms with Gasteiger partial charge in [-0.2, -0.15) is 0 Å². The lowest BCUT2D eigenvalue weighted by Crippen LogP contribution is -2.43. The van der Waals surface area contributed by atoms with E-state index < -0.39 is 27.3 Å². The first-order valence-corrected chi connectivity index (χ1v) is 13.4. The molecule has 0 radical (unpaired) electrons. The molecule has 2 unspecified atom stereocenters. The second-order valence-corrected chi connectivity index (χ2v) is 11.5. The van der Waals surface area contributed by atoms with Crippen molar-refractivity contribution in [2.75, 3.05) is 30.5 Å². The van der Waals surface area contributed by atoms with Gasteiger partial charge in [0.15, 0.2) is 9.84 Å². The van der Waals surface area contributed by atoms with Crippen LogP contribution in [0.25, 0.3) is 0 Å². The smallest absolute Gasteiger partial charge is 0.179 e. The number of fused-ring (bicyclic) bond motifs is 1. The van der Waals surface area contributed by atoms with E-state index in [2.05, 4.69) is 13.8 Å². The number of nitrogens with two attached hydrogens (primary N) is 1. The van der Waals surface area contributed by atoms with Crippen molar-refractivity contribution in [1.82, 2.24) is 0 Å². The Hall–Kier alpha value is -2.05. The van der Waals surface area contributed by atoms with E-state index in [9.17, 15) is 13.5 Å². The van der Waals surface area contributed by atoms with Crippen LogP contribution in [0.15, 0.2) is 47.4 Å². The molecular formula is C26H38N2O3S. The zero-order valence-electron chi connectivity index (χ0n) is 19.8. The van der Waals surface area contributed by atoms with Crippen molar-refractivity contribution in [2.45, 2.75) is 69.3 Å². The van der Waals surface area contributed by atoms with E-state index in [4.69, 9.17) is 5.73 Å². The number of aliphatic hydroxyl groups is 1. The fourth-order valence-electron chi connectivity index (χ4n) is 5.14. The molecule has 2 atom stereocenters. The summed E-state index contributed by atoms with van der Waals surface area (Å²) in [5.74, 6) is -0.478. The van der Waals surface area contributed by atoms with Crippen LogP contribution in [0.4, 0.5) is 11.4 Å². The lowest BCUT2D eigenvalue weighted by atomic mass is 9.68. The predicted octanol–water partition coefficient (Wildman–Crippen LogP) is 4.98. The van der Waals surface area contributed by atoms with Crippen molar-refractivity contribution in [3.8, 4) is 0 Å². The van der Waals surface area contributed by atoms with Crippen molar-refractivity contribution in [2.24, 2.45) is 5.41 Å². The first-order chi connectivity index (χ1) is 15.1. The summed E-state index contributed by atoms with van der Waals surface area (Å²) in [5.41, 5.74) is 8.48. The molecule has 176 valence electrons. The van der Waals surface area contributed by atoms with Crippen LogP contribution < -0.4 is 10.6 Å². The normalized spacial score (nSPS) is 21.5. The number of sulfone groups is 1. The second-order valence-electron chi connectivity index (χ2n) is 9.54. The summed E-state index contributed by atoms with van der Waals surface area (Å²) in [5, 5.41) is 12.0. The van der Waals surface area contributed by atoms with E-state index >= 15 is 0 Å². The number of nitrogens with zero attached hydrogens (tertiary/aromatic N) is 1. The number of aliphatic hydroxyl groups excluding tert-OH is 1. The second kappa shape index (κ2) is 9.84. The van der Waals surface area contributed by atoms with Gasteiger partial charge in [-0.15, -0.1) is 0 Å². The molecule has 1 aliphatic heterocycles. The van der Waals surface area contributed by atoms with E-state index in [-0.39, 0.29) is 5.75 Å². The third-order valence-corrected chi connectivity index (χ3v) is 8.92. The topological polar surface area (TPSA) is 83.6 Å². The Kier molecular flexibility index (Phi) is 7.56. The van der Waals surface area contributed by atoms with Gasteiger partial charge in [0.1, 0.15) is 0 Å². The molecular weight excluding hydrogens is 420 g/mol. The minimum atomic E-state index is -3.58. The Morgan fingerprint density at radius 3 is 2.28 bits per heavy atom. The Labute approximate surface area is 193 Å². The summed E-state index contributed by atoms with van der Waals surface area (Å²) < 4.78 is 27.5. The summed E-state index contributed by atoms with van der Waals surface area (Å²) >= 11 is 0. The summed E-state index contributed by atoms with van der Waals surface area (Å²) in [6.45, 7) is 4.22. The van der Waals surface area contributed by atoms with Crippen LogP contribution in [-0.4, -0.2) is 39.5 Å². The van der Waals surface area contributed by atoms with Gasteiger partial charge >= 0.3 is 0 Å². The van der Waals surface area contributed by atoms with Crippen LogP contribution in [0.3, 0.4) is 0 Å². The number of anilines is 2. The van der Waals surface area contributed by atoms with Gasteiger partial charge in [0.2, 0.25) is 0 Å². The zero-order chi connectivity index (χ0) is 23.5. The molecule has 0 saturated carbocycles. The Morgan fingerprint density at radius 1 is 1.06 bits per heavy atom. The first-order valence-electron chi connectivity index (χ1n) is 11.7. The third kappa shape index (κ3) is 4.81. The molecule has 0 fully saturated rings. The highest BCUT2D eigenvalue weighted by Crippen LogP contribution is 2.50. The molecule has 0 bridgehead atoms. The summed E-state index contributed by atoms with van der Waals surface area (Å²) in [7, 11) is 0.289. The summed E-state index contributed by atoms with van der Waals surface area (Å²) in [4.78, 5) is 2.30. The van der Waals surface area contributed by atoms with Gasteiger partial charge in [-0.1, -0.05) is 51.7 Å². The van der Waals surface area contributed by atoms with Crippen LogP contribution >= 0.6 is 0 Å². The molecule has 2 aromatic carbocycles. The molecule has 6 heteroatoms. The van der Waals surface area contributed by atoms with E-state index in [1.54, 1.807) is 6.07 Å². The van der Waals surface area contributed by atoms with Gasteiger partial charge in [0.25, 0.3) is 0 Å². The van der Waals surface area contributed by atoms with E-state index in [1.807, 2.05) is 55.4 Å². The standard InChI is InChI=1S/C26H38N2O3S/c1-5-7-14-26(15-8-6-2)18-32(30,31)23-13-12-21(28(3)4)17-22(23)24(25(26)29)19-10-9-11-20(27)16-19/h9-13,16-17,24-25,29H,5-8,14-15,18,27H2,1-4H3. The molecule has 0 spiro atoms. The Morgan fingerprint density at radius 2 is 1.72 bits per heavy atom. The van der Waals surface area contributed by atoms with Crippen LogP contribution in [0.1, 0.15) is 69.4 Å². The van der Waals surface area contributed by atoms with Gasteiger partial charge in [-0.05, 0) is 54.3 Å². The molecule has 5 nitrogen and oxygen atoms in total. The minimum absolute atomic E-state index is 0.0196. The maximum absolute atomic E-state index is 13.8. The third-order valence-electron chi connectivity index (χ3n) is 6.93. The van der Waals surface area contributed by atoms with Crippen LogP contribution in [0.2, 0.25) is 0 Å². The fraction of sp³-hybridized carbons (Fsp3) is 0.538. The van der Waals surface area contributed by atoms with E-state index in [1.165, 1.54) is 0 Å². The van der Waals surface area contributed by atoms with Crippen molar-refractivity contribution in [3.05, 3.63) is 53.6 Å². The molecule has 32 heavy (non-hydrogen) atoms. The van der Waals surface area contributed by atoms with Crippen LogP contribution in [-0.2, 0) is 9.84 Å². The number of rotatable bonds is 8. The molecule has 0 saturated heterocycles. The largest absolute Gasteiger partial charge is 0.399 e. The highest BCUT2D eigenvalue weighted by molar-refractivity contribution is 7.91. The number of hydrogen-bond donors (Lipinski definition) is 2. The van der Waals surface area contributed by atoms with Gasteiger partial charge in [0.05, 0.1) is 16.8 Å². The SMILES string of the molecule is CCCCC1(CCCC)CS(=O)(=O)c2ccc(N(C)C)cc2C(c2cccc(N)c2)C1O. The van der Waals surface area contributed by atoms with Gasteiger partial charge in [-0.25, -0.2) is 8.42 Å². The van der Waals surface area contributed by atoms with E-state index in [0.717, 1.165) is 36.9 Å². The maximum Gasteiger partial charge on any atom is 0.179 e. The van der Waals surface area contributed by atoms with Crippen molar-refractivity contribution >= 4 is 21.2 Å². The molecule has 3 N–H and O–H groups in total. The van der Waals surface area contributed by atoms with Gasteiger partial charge in [-0.3, -0.25) is 0 Å². The molecule has 0 amide bonds. The molecule has 0 aromatic heterocycles. The van der Waals surface area contributed by atoms with Gasteiger partial charge in [0, 0.05) is 36.8 Å². The number of benzene rings is 2. The van der Waals surface area contributed by atoms with Crippen molar-refractivity contribution in [3.63, 3.8) is 0 Å². The molecule has 1 heterocycles. The summed E-state index contributed by atoms with van der Waals surface area (Å²) in [6.07, 6.45) is 4.26. The Balaban J connectivity index is 2.31. The molecule has 3 rings (SSSR count). The highest BCUT2D eigenvalue weighted by Gasteiger charge is 2.49. The first kappa shape index (κ1) is 24.6. The maximum atomic E-state index is 13.8. The molecule has 1 aliphatic rings. The van der Waals surface area contributed by atoms with Gasteiger partial charge < -0.3 is 15.7 Å². The highest BCUT2D eigenvalue weighted by atomic mass is 32.2. The summed E-state index contributed by atoms with van der Waals surface area (Å²) in [6, 6.07) is 13.0. The van der Waals surface area contributed by atoms with E-state index in [0.29, 0.717) is 29.0 Å². The van der Waals surface area contributed by atoms with Crippen LogP contribution in [0, 0.1) is 5.41 Å². The lowest BCUT2D eigenvalue weighted by molar-refractivity contribution is 0.0127. The van der Waals surface area contributed by atoms with Crippen LogP contribution in [0.5, 0.6) is 0 Å². The van der Waals surface area contributed by atoms with Crippen molar-refractivity contribution in [1.29, 1.82) is 0 Å². The zero-order valence-corrected chi connectivity index (χ0v) is 20.7. The average molecular weight is 459 g/mol. The van der Waals surface area contributed by atoms with Crippen molar-refractivity contribution < 1.29 is 13.5 Å². The number of nitrogen functional groups attached to an aromatic ring is 1. The fourth-order valence-corrected chi connectivity index (χ4v) is 7.33. The minimum Gasteiger partial charge on any atom is -0.399 e. The predicted molar refractivity (Wildman–Crippen MR) is 133 cm³/mol. The lowest BCUT2D eigenvalue weighted by Gasteiger charge is -2.40. The Bertz CT molecular complexity index is 1030. The molecule has 0 aliphatic carbocycles. The quantitative estimate of drug-likeness (QED) is 0.545. The number of unbranched alkanes of at least 4 members (excludes halogenated alkanes) is 2.